The second-order valence-corrected chi connectivity index (χ2v) is 13.3. The lowest BCUT2D eigenvalue weighted by molar-refractivity contribution is -0.170. The maximum absolute atomic E-state index is 13.5. The van der Waals surface area contributed by atoms with Crippen molar-refractivity contribution >= 4 is 40.7 Å². The summed E-state index contributed by atoms with van der Waals surface area (Å²) in [7, 11) is 6.78. The van der Waals surface area contributed by atoms with E-state index in [0.717, 1.165) is 5.56 Å². The lowest BCUT2D eigenvalue weighted by atomic mass is 9.56. The van der Waals surface area contributed by atoms with Gasteiger partial charge < -0.3 is 42.3 Å². The summed E-state index contributed by atoms with van der Waals surface area (Å²) in [4.78, 5) is 59.1. The number of aliphatic imine (C=N–C) groups is 1. The van der Waals surface area contributed by atoms with Crippen LogP contribution in [0.2, 0.25) is 0 Å². The molecule has 2 amide bonds. The van der Waals surface area contributed by atoms with E-state index < -0.39 is 64.6 Å². The maximum atomic E-state index is 13.5. The molecule has 240 valence electrons. The van der Waals surface area contributed by atoms with Crippen LogP contribution in [0.4, 0.5) is 11.4 Å². The Hall–Kier alpha value is -4.01. The molecule has 44 heavy (non-hydrogen) atoms. The summed E-state index contributed by atoms with van der Waals surface area (Å²) in [5.74, 6) is -7.85. The zero-order valence-electron chi connectivity index (χ0n) is 26.1. The number of carbonyl (C=O) groups is 4. The average Bonchev–Trinajstić information content (AvgIpc) is 2.88. The first-order valence-electron chi connectivity index (χ1n) is 14.4. The van der Waals surface area contributed by atoms with Crippen LogP contribution in [0.25, 0.3) is 0 Å². The van der Waals surface area contributed by atoms with E-state index in [0.29, 0.717) is 23.4 Å². The normalized spacial score (nSPS) is 28.7. The summed E-state index contributed by atoms with van der Waals surface area (Å²) >= 11 is 0. The summed E-state index contributed by atoms with van der Waals surface area (Å²) in [5.41, 5.74) is 10.5. The molecule has 4 unspecified atom stereocenters. The molecule has 0 bridgehead atoms. The van der Waals surface area contributed by atoms with Crippen molar-refractivity contribution in [2.75, 3.05) is 45.0 Å². The van der Waals surface area contributed by atoms with E-state index in [2.05, 4.69) is 15.6 Å². The first kappa shape index (κ1) is 32.9. The zero-order valence-corrected chi connectivity index (χ0v) is 26.1. The Balaban J connectivity index is 1.76. The van der Waals surface area contributed by atoms with Gasteiger partial charge >= 0.3 is 0 Å². The van der Waals surface area contributed by atoms with Crippen LogP contribution in [0, 0.1) is 17.8 Å². The van der Waals surface area contributed by atoms with Crippen molar-refractivity contribution < 1.29 is 34.5 Å². The fourth-order valence-corrected chi connectivity index (χ4v) is 6.81. The number of fused-ring (bicyclic) bond motifs is 3. The number of likely N-dealkylation sites (N-methyl/N-ethyl adjacent to an activating group) is 1. The van der Waals surface area contributed by atoms with Gasteiger partial charge in [-0.2, -0.15) is 0 Å². The molecule has 0 aromatic heterocycles. The predicted octanol–water partition coefficient (Wildman–Crippen LogP) is -0.654. The van der Waals surface area contributed by atoms with E-state index in [1.165, 1.54) is 4.90 Å². The SMILES string of the molecule is CN(C)c1cc(NC(=O)CN=C(N)NC(C)(C)C)cc2c1CC1CC3[C@H](N(C)C)C(=O)C(C(N)=O)C(=O)[C@@]3(O)C(O)=C1C2O. The minimum Gasteiger partial charge on any atom is -0.509 e. The molecule has 9 N–H and O–H groups in total. The third kappa shape index (κ3) is 5.64. The van der Waals surface area contributed by atoms with Gasteiger partial charge in [0.2, 0.25) is 11.8 Å². The number of amides is 2. The van der Waals surface area contributed by atoms with Crippen molar-refractivity contribution in [3.8, 4) is 0 Å². The fraction of sp³-hybridized carbons (Fsp3) is 0.567. The van der Waals surface area contributed by atoms with Crippen LogP contribution in [-0.4, -0.2) is 101 Å². The molecule has 0 aliphatic heterocycles. The molecule has 14 nitrogen and oxygen atoms in total. The number of ketones is 2. The minimum atomic E-state index is -2.61. The number of aliphatic hydroxyl groups excluding tert-OH is 2. The van der Waals surface area contributed by atoms with E-state index >= 15 is 0 Å². The van der Waals surface area contributed by atoms with Crippen LogP contribution in [0.3, 0.4) is 0 Å². The van der Waals surface area contributed by atoms with Gasteiger partial charge in [0, 0.05) is 42.5 Å². The largest absolute Gasteiger partial charge is 0.509 e. The number of Topliss-reactive ketones (excluding diaryl/α,β-unsaturated/α-hetero) is 2. The standard InChI is InChI=1S/C30H43N7O7/c1-29(2,3)35-28(32)33-12-19(38)34-14-10-16-15(18(11-14)36(4)5)8-13-9-17-22(37(6)7)24(40)21(27(31)43)26(42)30(17,44)25(41)20(13)23(16)39/h10-11,13,17,21-23,39,41,44H,8-9,12H2,1-7H3,(H2,31,43)(H,34,38)(H3,32,33,35)/t13?,17?,21?,22-,23?,30-/m0/s1. The summed E-state index contributed by atoms with van der Waals surface area (Å²) < 4.78 is 0. The number of hydrogen-bond donors (Lipinski definition) is 7. The van der Waals surface area contributed by atoms with Crippen LogP contribution < -0.4 is 27.0 Å². The Morgan fingerprint density at radius 1 is 1.14 bits per heavy atom. The quantitative estimate of drug-likeness (QED) is 0.121. The van der Waals surface area contributed by atoms with Gasteiger partial charge in [-0.05, 0) is 76.9 Å². The Kier molecular flexibility index (Phi) is 8.59. The van der Waals surface area contributed by atoms with Crippen molar-refractivity contribution in [2.45, 2.75) is 56.9 Å². The van der Waals surface area contributed by atoms with Crippen LogP contribution >= 0.6 is 0 Å². The van der Waals surface area contributed by atoms with Crippen LogP contribution in [-0.2, 0) is 25.6 Å². The number of rotatable bonds is 6. The van der Waals surface area contributed by atoms with E-state index in [1.807, 2.05) is 39.8 Å². The van der Waals surface area contributed by atoms with Crippen molar-refractivity contribution in [2.24, 2.45) is 34.2 Å². The summed E-state index contributed by atoms with van der Waals surface area (Å²) in [6.07, 6.45) is -1.09. The number of nitrogens with two attached hydrogens (primary N) is 2. The molecular formula is C30H43N7O7. The highest BCUT2D eigenvalue weighted by Gasteiger charge is 2.66. The van der Waals surface area contributed by atoms with Gasteiger partial charge in [0.15, 0.2) is 29.0 Å². The van der Waals surface area contributed by atoms with Gasteiger partial charge in [0.25, 0.3) is 0 Å². The molecule has 0 radical (unpaired) electrons. The number of benzene rings is 1. The van der Waals surface area contributed by atoms with Crippen molar-refractivity contribution in [3.63, 3.8) is 0 Å². The maximum Gasteiger partial charge on any atom is 0.246 e. The van der Waals surface area contributed by atoms with Crippen molar-refractivity contribution in [1.82, 2.24) is 10.2 Å². The number of nitrogens with zero attached hydrogens (tertiary/aromatic N) is 3. The van der Waals surface area contributed by atoms with E-state index in [-0.39, 0.29) is 30.0 Å². The second kappa shape index (κ2) is 11.5. The van der Waals surface area contributed by atoms with E-state index in [9.17, 15) is 34.5 Å². The molecule has 1 fully saturated rings. The smallest absolute Gasteiger partial charge is 0.246 e. The fourth-order valence-electron chi connectivity index (χ4n) is 6.81. The number of guanidine groups is 1. The first-order valence-corrected chi connectivity index (χ1v) is 14.4. The highest BCUT2D eigenvalue weighted by molar-refractivity contribution is 6.24. The summed E-state index contributed by atoms with van der Waals surface area (Å²) in [6, 6.07) is 2.24. The Bertz CT molecular complexity index is 1460. The highest BCUT2D eigenvalue weighted by atomic mass is 16.3. The lowest BCUT2D eigenvalue weighted by Gasteiger charge is -2.52. The molecule has 14 heteroatoms. The van der Waals surface area contributed by atoms with Crippen molar-refractivity contribution in [1.29, 1.82) is 0 Å². The molecule has 1 saturated carbocycles. The molecule has 0 spiro atoms. The summed E-state index contributed by atoms with van der Waals surface area (Å²) in [5, 5.41) is 40.8. The average molecular weight is 614 g/mol. The molecule has 3 aliphatic rings. The molecule has 1 aromatic carbocycles. The Labute approximate surface area is 256 Å². The summed E-state index contributed by atoms with van der Waals surface area (Å²) in [6.45, 7) is 5.45. The number of aliphatic hydroxyl groups is 3. The topological polar surface area (TPSA) is 224 Å². The number of hydrogen-bond acceptors (Lipinski definition) is 10. The molecular weight excluding hydrogens is 570 g/mol. The van der Waals surface area contributed by atoms with Crippen LogP contribution in [0.1, 0.15) is 44.4 Å². The van der Waals surface area contributed by atoms with Crippen molar-refractivity contribution in [3.05, 3.63) is 34.6 Å². The van der Waals surface area contributed by atoms with Gasteiger partial charge in [0.1, 0.15) is 18.4 Å². The second-order valence-electron chi connectivity index (χ2n) is 13.3. The minimum absolute atomic E-state index is 0.0264. The Morgan fingerprint density at radius 2 is 1.77 bits per heavy atom. The number of nitrogens with one attached hydrogen (secondary N) is 2. The first-order chi connectivity index (χ1) is 20.3. The molecule has 0 saturated heterocycles. The van der Waals surface area contributed by atoms with Crippen LogP contribution in [0.5, 0.6) is 0 Å². The van der Waals surface area contributed by atoms with Gasteiger partial charge in [-0.1, -0.05) is 0 Å². The number of primary amides is 1. The third-order valence-corrected chi connectivity index (χ3v) is 8.55. The van der Waals surface area contributed by atoms with Crippen LogP contribution in [0.15, 0.2) is 28.5 Å². The van der Waals surface area contributed by atoms with E-state index in [1.54, 1.807) is 26.2 Å². The number of anilines is 2. The lowest BCUT2D eigenvalue weighted by Crippen LogP contribution is -2.69. The molecule has 0 heterocycles. The third-order valence-electron chi connectivity index (χ3n) is 8.55. The van der Waals surface area contributed by atoms with Gasteiger partial charge in [-0.25, -0.2) is 4.99 Å². The number of carbonyl (C=O) groups excluding carboxylic acids is 4. The Morgan fingerprint density at radius 3 is 2.32 bits per heavy atom. The van der Waals surface area contributed by atoms with Gasteiger partial charge in [-0.3, -0.25) is 24.1 Å². The molecule has 6 atom stereocenters. The van der Waals surface area contributed by atoms with Gasteiger partial charge in [-0.15, -0.1) is 0 Å². The predicted molar refractivity (Wildman–Crippen MR) is 164 cm³/mol. The monoisotopic (exact) mass is 613 g/mol. The molecule has 3 aliphatic carbocycles. The molecule has 1 aromatic rings. The van der Waals surface area contributed by atoms with E-state index in [4.69, 9.17) is 11.5 Å². The van der Waals surface area contributed by atoms with Gasteiger partial charge in [0.05, 0.1) is 6.04 Å². The molecule has 4 rings (SSSR count). The highest BCUT2D eigenvalue weighted by Crippen LogP contribution is 2.54. The zero-order chi connectivity index (χ0) is 33.0.